The topological polar surface area (TPSA) is 96.5 Å². The van der Waals surface area contributed by atoms with Crippen LogP contribution in [0.25, 0.3) is 6.08 Å². The summed E-state index contributed by atoms with van der Waals surface area (Å²) in [5.41, 5.74) is 3.23. The van der Waals surface area contributed by atoms with Gasteiger partial charge in [0, 0.05) is 27.2 Å². The van der Waals surface area contributed by atoms with Gasteiger partial charge in [-0.05, 0) is 66.6 Å². The van der Waals surface area contributed by atoms with Gasteiger partial charge in [-0.25, -0.2) is 0 Å². The van der Waals surface area contributed by atoms with Crippen LogP contribution in [-0.4, -0.2) is 30.6 Å². The van der Waals surface area contributed by atoms with Gasteiger partial charge in [-0.3, -0.25) is 14.4 Å². The maximum Gasteiger partial charge on any atom is 0.272 e. The number of aryl methyl sites for hydroxylation is 1. The number of halogens is 1. The molecule has 0 aliphatic rings. The van der Waals surface area contributed by atoms with Crippen LogP contribution in [0.15, 0.2) is 108 Å². The summed E-state index contributed by atoms with van der Waals surface area (Å²) in [6, 6.07) is 28.5. The molecule has 0 radical (unpaired) electrons. The minimum absolute atomic E-state index is 0.105. The van der Waals surface area contributed by atoms with Crippen molar-refractivity contribution < 1.29 is 19.1 Å². The predicted molar refractivity (Wildman–Crippen MR) is 165 cm³/mol. The number of methoxy groups -OCH3 is 1. The van der Waals surface area contributed by atoms with E-state index in [4.69, 9.17) is 16.3 Å². The fourth-order valence-corrected chi connectivity index (χ4v) is 4.61. The van der Waals surface area contributed by atoms with Crippen LogP contribution in [0.5, 0.6) is 5.75 Å². The van der Waals surface area contributed by atoms with Gasteiger partial charge in [-0.1, -0.05) is 60.1 Å². The van der Waals surface area contributed by atoms with Crippen molar-refractivity contribution in [2.75, 3.05) is 23.5 Å². The standard InChI is InChI=1S/C32H28ClN3O4S/c1-21-17-27(29(40-2)19-26(21)33)35-30(37)20-41-25-15-13-24(14-16-25)34-32(39)28(18-22-9-5-3-6-10-22)36-31(38)23-11-7-4-8-12-23/h3-19H,20H2,1-2H3,(H,34,39)(H,35,37)(H,36,38)/b28-18-. The molecule has 0 aliphatic carbocycles. The molecule has 0 saturated heterocycles. The number of hydrogen-bond acceptors (Lipinski definition) is 5. The second kappa shape index (κ2) is 14.2. The third-order valence-corrected chi connectivity index (χ3v) is 7.30. The second-order valence-corrected chi connectivity index (χ2v) is 10.4. The van der Waals surface area contributed by atoms with Gasteiger partial charge in [0.15, 0.2) is 0 Å². The van der Waals surface area contributed by atoms with Crippen LogP contribution in [0.3, 0.4) is 0 Å². The molecule has 0 fully saturated rings. The average Bonchev–Trinajstić information content (AvgIpc) is 2.99. The number of anilines is 2. The molecule has 4 rings (SSSR count). The first-order chi connectivity index (χ1) is 19.8. The summed E-state index contributed by atoms with van der Waals surface area (Å²) in [5.74, 6) is -0.396. The SMILES string of the molecule is COc1cc(Cl)c(C)cc1NC(=O)CSc1ccc(NC(=O)/C(=C/c2ccccc2)NC(=O)c2ccccc2)cc1. The highest BCUT2D eigenvalue weighted by Crippen LogP contribution is 2.31. The lowest BCUT2D eigenvalue weighted by Gasteiger charge is -2.13. The van der Waals surface area contributed by atoms with Gasteiger partial charge in [-0.2, -0.15) is 0 Å². The molecule has 3 amide bonds. The summed E-state index contributed by atoms with van der Waals surface area (Å²) in [4.78, 5) is 39.4. The van der Waals surface area contributed by atoms with Crippen LogP contribution < -0.4 is 20.7 Å². The van der Waals surface area contributed by atoms with E-state index in [1.54, 1.807) is 54.6 Å². The molecule has 9 heteroatoms. The van der Waals surface area contributed by atoms with E-state index in [1.165, 1.54) is 18.9 Å². The highest BCUT2D eigenvalue weighted by atomic mass is 35.5. The molecule has 4 aromatic rings. The molecule has 0 aliphatic heterocycles. The van der Waals surface area contributed by atoms with Crippen LogP contribution in [0.1, 0.15) is 21.5 Å². The molecule has 7 nitrogen and oxygen atoms in total. The van der Waals surface area contributed by atoms with Gasteiger partial charge in [0.2, 0.25) is 5.91 Å². The average molecular weight is 586 g/mol. The first-order valence-electron chi connectivity index (χ1n) is 12.6. The Morgan fingerprint density at radius 1 is 0.878 bits per heavy atom. The number of thioether (sulfide) groups is 1. The van der Waals surface area contributed by atoms with Gasteiger partial charge >= 0.3 is 0 Å². The molecule has 0 heterocycles. The first kappa shape index (κ1) is 29.5. The Hall–Kier alpha value is -4.53. The predicted octanol–water partition coefficient (Wildman–Crippen LogP) is 6.80. The largest absolute Gasteiger partial charge is 0.495 e. The van der Waals surface area contributed by atoms with E-state index in [9.17, 15) is 14.4 Å². The van der Waals surface area contributed by atoms with E-state index in [0.29, 0.717) is 27.7 Å². The summed E-state index contributed by atoms with van der Waals surface area (Å²) in [5, 5.41) is 8.97. The van der Waals surface area contributed by atoms with Gasteiger partial charge in [0.05, 0.1) is 18.6 Å². The molecule has 0 unspecified atom stereocenters. The van der Waals surface area contributed by atoms with Crippen molar-refractivity contribution in [3.63, 3.8) is 0 Å². The lowest BCUT2D eigenvalue weighted by molar-refractivity contribution is -0.114. The summed E-state index contributed by atoms with van der Waals surface area (Å²) < 4.78 is 5.32. The third-order valence-electron chi connectivity index (χ3n) is 5.88. The van der Waals surface area contributed by atoms with Crippen LogP contribution in [0, 0.1) is 6.92 Å². The minimum atomic E-state index is -0.467. The zero-order valence-electron chi connectivity index (χ0n) is 22.4. The van der Waals surface area contributed by atoms with Crippen LogP contribution in [0.4, 0.5) is 11.4 Å². The summed E-state index contributed by atoms with van der Waals surface area (Å²) in [6.45, 7) is 1.85. The van der Waals surface area contributed by atoms with Crippen LogP contribution in [0.2, 0.25) is 5.02 Å². The van der Waals surface area contributed by atoms with Gasteiger partial charge in [0.25, 0.3) is 11.8 Å². The molecule has 41 heavy (non-hydrogen) atoms. The molecule has 0 atom stereocenters. The molecule has 4 aromatic carbocycles. The van der Waals surface area contributed by atoms with Crippen molar-refractivity contribution in [1.82, 2.24) is 5.32 Å². The molecule has 0 saturated carbocycles. The Bertz CT molecular complexity index is 1560. The molecule has 0 aromatic heterocycles. The first-order valence-corrected chi connectivity index (χ1v) is 14.0. The van der Waals surface area contributed by atoms with E-state index in [1.807, 2.05) is 55.5 Å². The number of ether oxygens (including phenoxy) is 1. The molecule has 0 spiro atoms. The van der Waals surface area contributed by atoms with Crippen molar-refractivity contribution in [2.45, 2.75) is 11.8 Å². The van der Waals surface area contributed by atoms with E-state index in [-0.39, 0.29) is 23.3 Å². The molecular weight excluding hydrogens is 558 g/mol. The number of nitrogens with one attached hydrogen (secondary N) is 3. The minimum Gasteiger partial charge on any atom is -0.495 e. The van der Waals surface area contributed by atoms with Crippen LogP contribution >= 0.6 is 23.4 Å². The normalized spacial score (nSPS) is 11.0. The summed E-state index contributed by atoms with van der Waals surface area (Å²) in [6.07, 6.45) is 1.62. The maximum absolute atomic E-state index is 13.2. The number of carbonyl (C=O) groups is 3. The van der Waals surface area contributed by atoms with Crippen molar-refractivity contribution in [3.05, 3.63) is 124 Å². The smallest absolute Gasteiger partial charge is 0.272 e. The van der Waals surface area contributed by atoms with E-state index >= 15 is 0 Å². The molecule has 3 N–H and O–H groups in total. The number of benzene rings is 4. The van der Waals surface area contributed by atoms with E-state index in [2.05, 4.69) is 16.0 Å². The van der Waals surface area contributed by atoms with Crippen molar-refractivity contribution >= 4 is 58.5 Å². The number of carbonyl (C=O) groups excluding carboxylic acids is 3. The van der Waals surface area contributed by atoms with Crippen LogP contribution in [-0.2, 0) is 9.59 Å². The van der Waals surface area contributed by atoms with E-state index in [0.717, 1.165) is 16.0 Å². The lowest BCUT2D eigenvalue weighted by atomic mass is 10.1. The Labute approximate surface area is 248 Å². The zero-order chi connectivity index (χ0) is 29.2. The monoisotopic (exact) mass is 585 g/mol. The Kier molecular flexibility index (Phi) is 10.2. The van der Waals surface area contributed by atoms with Gasteiger partial charge < -0.3 is 20.7 Å². The zero-order valence-corrected chi connectivity index (χ0v) is 24.0. The Morgan fingerprint density at radius 3 is 2.20 bits per heavy atom. The summed E-state index contributed by atoms with van der Waals surface area (Å²) >= 11 is 7.49. The van der Waals surface area contributed by atoms with Crippen molar-refractivity contribution in [1.29, 1.82) is 0 Å². The highest BCUT2D eigenvalue weighted by molar-refractivity contribution is 8.00. The fraction of sp³-hybridized carbons (Fsp3) is 0.0938. The highest BCUT2D eigenvalue weighted by Gasteiger charge is 2.15. The van der Waals surface area contributed by atoms with Crippen molar-refractivity contribution in [3.8, 4) is 5.75 Å². The molecule has 208 valence electrons. The van der Waals surface area contributed by atoms with Gasteiger partial charge in [0.1, 0.15) is 11.4 Å². The lowest BCUT2D eigenvalue weighted by Crippen LogP contribution is -2.30. The number of rotatable bonds is 10. The van der Waals surface area contributed by atoms with Crippen molar-refractivity contribution in [2.24, 2.45) is 0 Å². The Morgan fingerprint density at radius 2 is 1.54 bits per heavy atom. The van der Waals surface area contributed by atoms with Gasteiger partial charge in [-0.15, -0.1) is 11.8 Å². The molecular formula is C32H28ClN3O4S. The maximum atomic E-state index is 13.2. The summed E-state index contributed by atoms with van der Waals surface area (Å²) in [7, 11) is 1.52. The molecule has 0 bridgehead atoms. The third kappa shape index (κ3) is 8.48. The number of amides is 3. The quantitative estimate of drug-likeness (QED) is 0.140. The fourth-order valence-electron chi connectivity index (χ4n) is 3.76. The second-order valence-electron chi connectivity index (χ2n) is 8.91. The number of hydrogen-bond donors (Lipinski definition) is 3. The Balaban J connectivity index is 1.38. The van der Waals surface area contributed by atoms with E-state index < -0.39 is 5.91 Å².